The molecule has 0 saturated heterocycles. The molecule has 1 rings (SSSR count). The van der Waals surface area contributed by atoms with Gasteiger partial charge in [-0.15, -0.1) is 11.3 Å². The average molecular weight is 234 g/mol. The van der Waals surface area contributed by atoms with Gasteiger partial charge in [-0.25, -0.2) is 0 Å². The van der Waals surface area contributed by atoms with Crippen molar-refractivity contribution in [2.75, 3.05) is 0 Å². The van der Waals surface area contributed by atoms with E-state index in [0.717, 1.165) is 11.3 Å². The van der Waals surface area contributed by atoms with E-state index in [1.165, 1.54) is 0 Å². The molecule has 0 aliphatic rings. The predicted octanol–water partition coefficient (Wildman–Crippen LogP) is 1.39. The highest BCUT2D eigenvalue weighted by Crippen LogP contribution is 2.22. The van der Waals surface area contributed by atoms with Crippen LogP contribution < -0.4 is 5.73 Å². The molecule has 1 aromatic rings. The van der Waals surface area contributed by atoms with Crippen LogP contribution in [0.4, 0.5) is 0 Å². The van der Waals surface area contributed by atoms with Crippen LogP contribution in [0.3, 0.4) is 0 Å². The topological polar surface area (TPSA) is 80.4 Å². The Morgan fingerprint density at radius 3 is 2.64 bits per heavy atom. The van der Waals surface area contributed by atoms with Gasteiger partial charge in [0.15, 0.2) is 5.78 Å². The highest BCUT2D eigenvalue weighted by atomic mass is 35.5. The van der Waals surface area contributed by atoms with Crippen LogP contribution in [0.5, 0.6) is 0 Å². The molecule has 0 aromatic carbocycles. The molecule has 0 radical (unpaired) electrons. The van der Waals surface area contributed by atoms with E-state index in [1.807, 2.05) is 0 Å². The third kappa shape index (κ3) is 2.80. The molecule has 1 aromatic heterocycles. The highest BCUT2D eigenvalue weighted by molar-refractivity contribution is 7.18. The van der Waals surface area contributed by atoms with E-state index in [1.54, 1.807) is 12.1 Å². The van der Waals surface area contributed by atoms with Crippen LogP contribution in [0.15, 0.2) is 12.1 Å². The normalized spacial score (nSPS) is 12.4. The number of ketones is 1. The number of carboxylic acid groups (broad SMARTS) is 1. The Kier molecular flexibility index (Phi) is 3.62. The van der Waals surface area contributed by atoms with Gasteiger partial charge in [-0.1, -0.05) is 11.6 Å². The van der Waals surface area contributed by atoms with Gasteiger partial charge in [-0.05, 0) is 12.1 Å². The zero-order chi connectivity index (χ0) is 10.7. The van der Waals surface area contributed by atoms with Gasteiger partial charge in [0.05, 0.1) is 9.21 Å². The van der Waals surface area contributed by atoms with Crippen LogP contribution >= 0.6 is 22.9 Å². The fourth-order valence-corrected chi connectivity index (χ4v) is 1.84. The van der Waals surface area contributed by atoms with Gasteiger partial charge in [0.1, 0.15) is 6.04 Å². The van der Waals surface area contributed by atoms with E-state index in [9.17, 15) is 9.59 Å². The summed E-state index contributed by atoms with van der Waals surface area (Å²) in [6.45, 7) is 0. The van der Waals surface area contributed by atoms with E-state index in [0.29, 0.717) is 9.21 Å². The Balaban J connectivity index is 2.63. The molecule has 0 fully saturated rings. The summed E-state index contributed by atoms with van der Waals surface area (Å²) < 4.78 is 0.497. The molecular weight excluding hydrogens is 226 g/mol. The lowest BCUT2D eigenvalue weighted by Gasteiger charge is -2.02. The van der Waals surface area contributed by atoms with Crippen molar-refractivity contribution < 1.29 is 14.7 Å². The zero-order valence-electron chi connectivity index (χ0n) is 7.07. The van der Waals surface area contributed by atoms with Crippen molar-refractivity contribution in [3.05, 3.63) is 21.3 Å². The van der Waals surface area contributed by atoms with Crippen molar-refractivity contribution in [2.24, 2.45) is 5.73 Å². The number of aliphatic carboxylic acids is 1. The quantitative estimate of drug-likeness (QED) is 0.770. The zero-order valence-corrected chi connectivity index (χ0v) is 8.64. The molecule has 1 unspecified atom stereocenters. The van der Waals surface area contributed by atoms with Crippen LogP contribution in [0.2, 0.25) is 4.34 Å². The first-order valence-electron chi connectivity index (χ1n) is 3.77. The van der Waals surface area contributed by atoms with E-state index in [-0.39, 0.29) is 12.2 Å². The van der Waals surface area contributed by atoms with Gasteiger partial charge in [0.25, 0.3) is 0 Å². The van der Waals surface area contributed by atoms with Crippen LogP contribution in [0.25, 0.3) is 0 Å². The Labute approximate surface area is 89.3 Å². The maximum absolute atomic E-state index is 11.4. The molecular formula is C8H8ClNO3S. The fourth-order valence-electron chi connectivity index (χ4n) is 0.852. The molecule has 0 spiro atoms. The first kappa shape index (κ1) is 11.2. The number of nitrogens with two attached hydrogens (primary N) is 1. The van der Waals surface area contributed by atoms with Crippen molar-refractivity contribution in [3.8, 4) is 0 Å². The molecule has 0 aliphatic heterocycles. The third-order valence-electron chi connectivity index (χ3n) is 1.57. The van der Waals surface area contributed by atoms with E-state index >= 15 is 0 Å². The van der Waals surface area contributed by atoms with Gasteiger partial charge in [-0.3, -0.25) is 9.59 Å². The van der Waals surface area contributed by atoms with Crippen molar-refractivity contribution in [1.82, 2.24) is 0 Å². The summed E-state index contributed by atoms with van der Waals surface area (Å²) in [5.41, 5.74) is 5.21. The van der Waals surface area contributed by atoms with E-state index in [2.05, 4.69) is 0 Å². The highest BCUT2D eigenvalue weighted by Gasteiger charge is 2.18. The van der Waals surface area contributed by atoms with Crippen LogP contribution in [-0.4, -0.2) is 22.9 Å². The molecule has 76 valence electrons. The Hall–Kier alpha value is -0.910. The van der Waals surface area contributed by atoms with Crippen molar-refractivity contribution in [3.63, 3.8) is 0 Å². The first-order chi connectivity index (χ1) is 6.50. The standard InChI is InChI=1S/C8H8ClNO3S/c9-7-2-1-6(14-7)5(11)3-4(10)8(12)13/h1-2,4H,3,10H2,(H,12,13). The van der Waals surface area contributed by atoms with Gasteiger partial charge in [0.2, 0.25) is 0 Å². The smallest absolute Gasteiger partial charge is 0.320 e. The van der Waals surface area contributed by atoms with Crippen LogP contribution in [-0.2, 0) is 4.79 Å². The average Bonchev–Trinajstić information content (AvgIpc) is 2.51. The number of hydrogen-bond acceptors (Lipinski definition) is 4. The van der Waals surface area contributed by atoms with Crippen molar-refractivity contribution in [2.45, 2.75) is 12.5 Å². The molecule has 0 saturated carbocycles. The minimum atomic E-state index is -1.18. The molecule has 6 heteroatoms. The Bertz CT molecular complexity index is 363. The summed E-state index contributed by atoms with van der Waals surface area (Å²) in [4.78, 5) is 22.2. The predicted molar refractivity (Wildman–Crippen MR) is 53.9 cm³/mol. The summed E-state index contributed by atoms with van der Waals surface area (Å²) >= 11 is 6.74. The van der Waals surface area contributed by atoms with Gasteiger partial charge < -0.3 is 10.8 Å². The second-order valence-electron chi connectivity index (χ2n) is 2.68. The lowest BCUT2D eigenvalue weighted by atomic mass is 10.1. The Morgan fingerprint density at radius 1 is 1.57 bits per heavy atom. The Morgan fingerprint density at radius 2 is 2.21 bits per heavy atom. The van der Waals surface area contributed by atoms with Gasteiger partial charge >= 0.3 is 5.97 Å². The second-order valence-corrected chi connectivity index (χ2v) is 4.39. The molecule has 1 heterocycles. The fraction of sp³-hybridized carbons (Fsp3) is 0.250. The number of thiophene rings is 1. The van der Waals surface area contributed by atoms with Crippen molar-refractivity contribution >= 4 is 34.7 Å². The summed E-state index contributed by atoms with van der Waals surface area (Å²) in [6.07, 6.45) is -0.202. The number of halogens is 1. The summed E-state index contributed by atoms with van der Waals surface area (Å²) in [5, 5.41) is 8.48. The largest absolute Gasteiger partial charge is 0.480 e. The molecule has 1 atom stereocenters. The third-order valence-corrected chi connectivity index (χ3v) is 2.84. The SMILES string of the molecule is NC(CC(=O)c1ccc(Cl)s1)C(=O)O. The molecule has 3 N–H and O–H groups in total. The minimum absolute atomic E-state index is 0.202. The number of rotatable bonds is 4. The van der Waals surface area contributed by atoms with Gasteiger partial charge in [0, 0.05) is 6.42 Å². The number of carbonyl (C=O) groups is 2. The number of hydrogen-bond donors (Lipinski definition) is 2. The van der Waals surface area contributed by atoms with E-state index in [4.69, 9.17) is 22.4 Å². The minimum Gasteiger partial charge on any atom is -0.480 e. The number of carboxylic acids is 1. The monoisotopic (exact) mass is 233 g/mol. The second kappa shape index (κ2) is 4.54. The summed E-state index contributed by atoms with van der Waals surface area (Å²) in [6, 6.07) is 2.00. The molecule has 0 bridgehead atoms. The first-order valence-corrected chi connectivity index (χ1v) is 4.97. The molecule has 14 heavy (non-hydrogen) atoms. The van der Waals surface area contributed by atoms with Gasteiger partial charge in [-0.2, -0.15) is 0 Å². The molecule has 0 aliphatic carbocycles. The summed E-state index contributed by atoms with van der Waals surface area (Å²) in [7, 11) is 0. The van der Waals surface area contributed by atoms with Crippen LogP contribution in [0, 0.1) is 0 Å². The van der Waals surface area contributed by atoms with E-state index < -0.39 is 12.0 Å². The molecule has 4 nitrogen and oxygen atoms in total. The maximum Gasteiger partial charge on any atom is 0.320 e. The maximum atomic E-state index is 11.4. The van der Waals surface area contributed by atoms with Crippen LogP contribution in [0.1, 0.15) is 16.1 Å². The lowest BCUT2D eigenvalue weighted by Crippen LogP contribution is -2.32. The lowest BCUT2D eigenvalue weighted by molar-refractivity contribution is -0.138. The number of carbonyl (C=O) groups excluding carboxylic acids is 1. The van der Waals surface area contributed by atoms with Crippen molar-refractivity contribution in [1.29, 1.82) is 0 Å². The molecule has 0 amide bonds. The summed E-state index contributed by atoms with van der Waals surface area (Å²) in [5.74, 6) is -1.47. The number of Topliss-reactive ketones (excluding diaryl/α,β-unsaturated/α-hetero) is 1.